The molecule has 0 amide bonds. The summed E-state index contributed by atoms with van der Waals surface area (Å²) in [5.74, 6) is 0. The third kappa shape index (κ3) is 2.29. The van der Waals surface area contributed by atoms with E-state index in [-0.39, 0.29) is 16.9 Å². The van der Waals surface area contributed by atoms with Gasteiger partial charge in [-0.3, -0.25) is 0 Å². The Balaban J connectivity index is 1.72. The summed E-state index contributed by atoms with van der Waals surface area (Å²) in [7, 11) is 0. The number of para-hydroxylation sites is 1. The fourth-order valence-electron chi connectivity index (χ4n) is 5.99. The van der Waals surface area contributed by atoms with Crippen LogP contribution in [0.5, 0.6) is 0 Å². The van der Waals surface area contributed by atoms with Crippen molar-refractivity contribution in [1.29, 1.82) is 0 Å². The summed E-state index contributed by atoms with van der Waals surface area (Å²) in [5, 5.41) is 3.96. The van der Waals surface area contributed by atoms with E-state index in [1.165, 1.54) is 40.8 Å². The van der Waals surface area contributed by atoms with Crippen molar-refractivity contribution in [3.8, 4) is 0 Å². The molecular formula is C29H25N. The molecule has 1 atom stereocenters. The van der Waals surface area contributed by atoms with Crippen LogP contribution < -0.4 is 5.32 Å². The fraction of sp³-hybridized carbons (Fsp3) is 0.172. The van der Waals surface area contributed by atoms with Gasteiger partial charge in [-0.2, -0.15) is 0 Å². The molecule has 6 rings (SSSR count). The monoisotopic (exact) mass is 387 g/mol. The van der Waals surface area contributed by atoms with Crippen LogP contribution in [0.3, 0.4) is 0 Å². The van der Waals surface area contributed by atoms with Gasteiger partial charge in [0.25, 0.3) is 0 Å². The van der Waals surface area contributed by atoms with Gasteiger partial charge in [0.1, 0.15) is 0 Å². The quantitative estimate of drug-likeness (QED) is 0.400. The van der Waals surface area contributed by atoms with Crippen LogP contribution in [0.2, 0.25) is 0 Å². The smallest absolute Gasteiger partial charge is 0.0585 e. The molecule has 0 radical (unpaired) electrons. The third-order valence-electron chi connectivity index (χ3n) is 7.27. The molecule has 146 valence electrons. The van der Waals surface area contributed by atoms with E-state index in [1.807, 2.05) is 0 Å². The molecular weight excluding hydrogens is 362 g/mol. The van der Waals surface area contributed by atoms with Gasteiger partial charge in [0.2, 0.25) is 0 Å². The molecule has 4 aromatic rings. The summed E-state index contributed by atoms with van der Waals surface area (Å²) < 4.78 is 0. The van der Waals surface area contributed by atoms with E-state index in [1.54, 1.807) is 0 Å². The van der Waals surface area contributed by atoms with Crippen molar-refractivity contribution < 1.29 is 0 Å². The molecule has 1 aliphatic carbocycles. The predicted molar refractivity (Wildman–Crippen MR) is 124 cm³/mol. The molecule has 1 saturated carbocycles. The molecule has 1 N–H and O–H groups in total. The summed E-state index contributed by atoms with van der Waals surface area (Å²) in [5.41, 5.74) is 6.72. The second kappa shape index (κ2) is 6.60. The Morgan fingerprint density at radius 2 is 1.07 bits per heavy atom. The first-order chi connectivity index (χ1) is 14.9. The highest BCUT2D eigenvalue weighted by atomic mass is 15.0. The molecule has 1 nitrogen and oxygen atoms in total. The van der Waals surface area contributed by atoms with Crippen LogP contribution in [0.15, 0.2) is 115 Å². The number of benzene rings is 4. The topological polar surface area (TPSA) is 12.0 Å². The normalized spacial score (nSPS) is 20.2. The number of hydrogen-bond donors (Lipinski definition) is 1. The standard InChI is InChI=1S/C29H25N/c1-4-12-22(13-5-1)27-28(20-21-28)29(23-14-6-2-7-15-23,24-16-8-3-9-17-24)25-18-10-11-19-26(25)30-27/h1-19,27,30H,20-21H2. The molecule has 1 heteroatoms. The van der Waals surface area contributed by atoms with Gasteiger partial charge in [-0.1, -0.05) is 109 Å². The van der Waals surface area contributed by atoms with Gasteiger partial charge < -0.3 is 5.32 Å². The minimum absolute atomic E-state index is 0.103. The zero-order valence-corrected chi connectivity index (χ0v) is 17.0. The third-order valence-corrected chi connectivity index (χ3v) is 7.27. The molecule has 1 spiro atoms. The number of anilines is 1. The SMILES string of the molecule is c1ccc(C2Nc3ccccc3C(c3ccccc3)(c3ccccc3)C23CC3)cc1. The lowest BCUT2D eigenvalue weighted by Crippen LogP contribution is -2.48. The lowest BCUT2D eigenvalue weighted by molar-refractivity contribution is 0.286. The Morgan fingerprint density at radius 1 is 0.567 bits per heavy atom. The van der Waals surface area contributed by atoms with Gasteiger partial charge in [0.15, 0.2) is 0 Å². The minimum Gasteiger partial charge on any atom is -0.377 e. The van der Waals surface area contributed by atoms with E-state index < -0.39 is 0 Å². The minimum atomic E-state index is -0.183. The van der Waals surface area contributed by atoms with Gasteiger partial charge in [0.05, 0.1) is 11.5 Å². The Morgan fingerprint density at radius 3 is 1.63 bits per heavy atom. The summed E-state index contributed by atoms with van der Waals surface area (Å²) in [6.45, 7) is 0. The van der Waals surface area contributed by atoms with Gasteiger partial charge in [-0.15, -0.1) is 0 Å². The maximum Gasteiger partial charge on any atom is 0.0585 e. The second-order valence-corrected chi connectivity index (χ2v) is 8.67. The van der Waals surface area contributed by atoms with E-state index in [0.717, 1.165) is 0 Å². The Kier molecular flexibility index (Phi) is 3.86. The highest BCUT2D eigenvalue weighted by molar-refractivity contribution is 5.70. The van der Waals surface area contributed by atoms with E-state index >= 15 is 0 Å². The van der Waals surface area contributed by atoms with Crippen molar-refractivity contribution >= 4 is 5.69 Å². The first kappa shape index (κ1) is 17.5. The van der Waals surface area contributed by atoms with Gasteiger partial charge in [-0.25, -0.2) is 0 Å². The van der Waals surface area contributed by atoms with Crippen LogP contribution in [0.25, 0.3) is 0 Å². The molecule has 1 fully saturated rings. The molecule has 1 unspecified atom stereocenters. The lowest BCUT2D eigenvalue weighted by atomic mass is 9.54. The van der Waals surface area contributed by atoms with E-state index in [0.29, 0.717) is 0 Å². The van der Waals surface area contributed by atoms with Crippen LogP contribution in [0.4, 0.5) is 5.69 Å². The number of fused-ring (bicyclic) bond motifs is 1. The van der Waals surface area contributed by atoms with Crippen LogP contribution in [-0.4, -0.2) is 0 Å². The van der Waals surface area contributed by atoms with E-state index in [2.05, 4.69) is 121 Å². The number of rotatable bonds is 3. The first-order valence-corrected chi connectivity index (χ1v) is 10.9. The second-order valence-electron chi connectivity index (χ2n) is 8.67. The van der Waals surface area contributed by atoms with Crippen LogP contribution in [0, 0.1) is 5.41 Å². The summed E-state index contributed by atoms with van der Waals surface area (Å²) in [4.78, 5) is 0. The van der Waals surface area contributed by atoms with Crippen LogP contribution in [0.1, 0.15) is 41.1 Å². The van der Waals surface area contributed by atoms with Crippen molar-refractivity contribution in [2.45, 2.75) is 24.3 Å². The Labute approximate surface area is 178 Å². The maximum absolute atomic E-state index is 3.96. The summed E-state index contributed by atoms with van der Waals surface area (Å²) >= 11 is 0. The highest BCUT2D eigenvalue weighted by Crippen LogP contribution is 2.73. The highest BCUT2D eigenvalue weighted by Gasteiger charge is 2.67. The van der Waals surface area contributed by atoms with Crippen LogP contribution in [-0.2, 0) is 5.41 Å². The first-order valence-electron chi connectivity index (χ1n) is 10.9. The van der Waals surface area contributed by atoms with Crippen molar-refractivity contribution in [2.75, 3.05) is 5.32 Å². The zero-order valence-electron chi connectivity index (χ0n) is 17.0. The number of hydrogen-bond acceptors (Lipinski definition) is 1. The predicted octanol–water partition coefficient (Wildman–Crippen LogP) is 6.97. The van der Waals surface area contributed by atoms with Crippen molar-refractivity contribution in [2.24, 2.45) is 5.41 Å². The van der Waals surface area contributed by atoms with Gasteiger partial charge in [-0.05, 0) is 41.2 Å². The van der Waals surface area contributed by atoms with E-state index in [9.17, 15) is 0 Å². The molecule has 2 aliphatic rings. The lowest BCUT2D eigenvalue weighted by Gasteiger charge is -2.52. The van der Waals surface area contributed by atoms with E-state index in [4.69, 9.17) is 0 Å². The molecule has 1 heterocycles. The van der Waals surface area contributed by atoms with Gasteiger partial charge >= 0.3 is 0 Å². The molecule has 0 saturated heterocycles. The van der Waals surface area contributed by atoms with Crippen molar-refractivity contribution in [3.63, 3.8) is 0 Å². The molecule has 4 aromatic carbocycles. The molecule has 0 aromatic heterocycles. The average Bonchev–Trinajstić information content (AvgIpc) is 3.62. The summed E-state index contributed by atoms with van der Waals surface area (Å²) in [6.07, 6.45) is 2.41. The Hall–Kier alpha value is -3.32. The maximum atomic E-state index is 3.96. The Bertz CT molecular complexity index is 1120. The number of nitrogens with one attached hydrogen (secondary N) is 1. The van der Waals surface area contributed by atoms with Crippen molar-refractivity contribution in [1.82, 2.24) is 0 Å². The van der Waals surface area contributed by atoms with Gasteiger partial charge in [0, 0.05) is 11.1 Å². The molecule has 30 heavy (non-hydrogen) atoms. The zero-order chi connectivity index (χ0) is 20.0. The summed E-state index contributed by atoms with van der Waals surface area (Å²) in [6, 6.07) is 42.6. The average molecular weight is 388 g/mol. The molecule has 1 aliphatic heterocycles. The fourth-order valence-corrected chi connectivity index (χ4v) is 5.99. The largest absolute Gasteiger partial charge is 0.377 e. The molecule has 0 bridgehead atoms. The van der Waals surface area contributed by atoms with Crippen molar-refractivity contribution in [3.05, 3.63) is 138 Å². The van der Waals surface area contributed by atoms with Crippen LogP contribution >= 0.6 is 0 Å².